The van der Waals surface area contributed by atoms with Gasteiger partial charge in [0.2, 0.25) is 0 Å². The highest BCUT2D eigenvalue weighted by atomic mass is 28.4. The fourth-order valence-corrected chi connectivity index (χ4v) is 5.18. The first-order chi connectivity index (χ1) is 14.0. The second-order valence-corrected chi connectivity index (χ2v) is 14.8. The minimum absolute atomic E-state index is 0.0561. The Bertz CT molecular complexity index is 968. The molecule has 2 aromatic rings. The van der Waals surface area contributed by atoms with E-state index in [0.717, 1.165) is 0 Å². The van der Waals surface area contributed by atoms with Crippen molar-refractivity contribution in [3.63, 3.8) is 0 Å². The predicted molar refractivity (Wildman–Crippen MR) is 113 cm³/mol. The largest absolute Gasteiger partial charge is 0.408 e. The zero-order chi connectivity index (χ0) is 21.9. The summed E-state index contributed by atoms with van der Waals surface area (Å²) in [4.78, 5) is 20.9. The van der Waals surface area contributed by atoms with Gasteiger partial charge in [0.15, 0.2) is 20.4 Å². The lowest BCUT2D eigenvalue weighted by Gasteiger charge is -2.42. The van der Waals surface area contributed by atoms with E-state index in [-0.39, 0.29) is 23.2 Å². The molecule has 2 aliphatic rings. The van der Waals surface area contributed by atoms with Gasteiger partial charge in [-0.25, -0.2) is 14.5 Å². The summed E-state index contributed by atoms with van der Waals surface area (Å²) >= 11 is 0. The molecule has 2 saturated heterocycles. The Morgan fingerprint density at radius 2 is 2.07 bits per heavy atom. The van der Waals surface area contributed by atoms with E-state index < -0.39 is 25.8 Å². The molecule has 0 amide bonds. The van der Waals surface area contributed by atoms with Gasteiger partial charge in [-0.05, 0) is 30.1 Å². The summed E-state index contributed by atoms with van der Waals surface area (Å²) < 4.78 is 22.5. The molecule has 0 aromatic carbocycles. The minimum Gasteiger partial charge on any atom is -0.408 e. The molecule has 0 spiro atoms. The van der Waals surface area contributed by atoms with Crippen LogP contribution in [0.25, 0.3) is 5.82 Å². The molecule has 2 bridgehead atoms. The number of fused-ring (bicyclic) bond motifs is 2. The van der Waals surface area contributed by atoms with E-state index >= 15 is 0 Å². The SMILES string of the molecule is CC(C)[C@@]12CO[C@@H]([C@H](n3ccc(-n4cncn4)nc3=O)O1)[C@H]2O[Si](C)(C)C(C)(C)C. The van der Waals surface area contributed by atoms with Gasteiger partial charge >= 0.3 is 5.69 Å². The summed E-state index contributed by atoms with van der Waals surface area (Å²) in [6.07, 6.45) is 3.40. The van der Waals surface area contributed by atoms with Gasteiger partial charge in [-0.2, -0.15) is 10.1 Å². The minimum atomic E-state index is -2.08. The molecule has 30 heavy (non-hydrogen) atoms. The standard InChI is InChI=1S/C20H31N5O4Si/c1-13(2)20-10-27-15(16(20)29-30(6,7)19(3,4)5)17(28-20)24-9-8-14(23-18(24)26)25-12-21-11-22-25/h8-9,11-13,15-17H,10H2,1-7H3/t15-,16-,17-,20-/m1/s1. The van der Waals surface area contributed by atoms with Crippen molar-refractivity contribution in [1.29, 1.82) is 0 Å². The van der Waals surface area contributed by atoms with Crippen molar-refractivity contribution in [3.05, 3.63) is 35.4 Å². The Hall–Kier alpha value is -1.88. The van der Waals surface area contributed by atoms with Gasteiger partial charge < -0.3 is 13.9 Å². The van der Waals surface area contributed by atoms with Crippen molar-refractivity contribution in [3.8, 4) is 5.82 Å². The van der Waals surface area contributed by atoms with Gasteiger partial charge in [0.05, 0.1) is 6.61 Å². The average Bonchev–Trinajstić information content (AvgIpc) is 3.36. The first-order valence-electron chi connectivity index (χ1n) is 10.4. The van der Waals surface area contributed by atoms with Crippen LogP contribution in [0.3, 0.4) is 0 Å². The van der Waals surface area contributed by atoms with Crippen LogP contribution in [0, 0.1) is 5.92 Å². The van der Waals surface area contributed by atoms with Crippen LogP contribution in [0.1, 0.15) is 40.8 Å². The number of nitrogens with zero attached hydrogens (tertiary/aromatic N) is 5. The molecule has 2 aliphatic heterocycles. The quantitative estimate of drug-likeness (QED) is 0.669. The summed E-state index contributed by atoms with van der Waals surface area (Å²) in [6, 6.07) is 1.72. The topological polar surface area (TPSA) is 93.3 Å². The first-order valence-corrected chi connectivity index (χ1v) is 13.3. The molecule has 2 aromatic heterocycles. The third-order valence-electron chi connectivity index (χ3n) is 6.85. The molecule has 0 aliphatic carbocycles. The smallest absolute Gasteiger partial charge is 0.351 e. The first kappa shape index (κ1) is 21.4. The van der Waals surface area contributed by atoms with E-state index in [2.05, 4.69) is 62.8 Å². The fourth-order valence-electron chi connectivity index (χ4n) is 3.86. The third-order valence-corrected chi connectivity index (χ3v) is 11.3. The van der Waals surface area contributed by atoms with E-state index in [4.69, 9.17) is 13.9 Å². The lowest BCUT2D eigenvalue weighted by atomic mass is 9.87. The molecule has 164 valence electrons. The average molecular weight is 434 g/mol. The highest BCUT2D eigenvalue weighted by molar-refractivity contribution is 6.74. The molecule has 10 heteroatoms. The second kappa shape index (κ2) is 7.08. The number of hydrogen-bond donors (Lipinski definition) is 0. The Morgan fingerprint density at radius 1 is 1.33 bits per heavy atom. The number of rotatable bonds is 5. The summed E-state index contributed by atoms with van der Waals surface area (Å²) in [7, 11) is -2.08. The Labute approximate surface area is 177 Å². The monoisotopic (exact) mass is 433 g/mol. The summed E-state index contributed by atoms with van der Waals surface area (Å²) in [5.41, 5.74) is -1.01. The molecule has 0 radical (unpaired) electrons. The maximum absolute atomic E-state index is 12.8. The maximum atomic E-state index is 12.8. The van der Waals surface area contributed by atoms with E-state index in [1.807, 2.05) is 0 Å². The van der Waals surface area contributed by atoms with Crippen LogP contribution in [-0.2, 0) is 13.9 Å². The summed E-state index contributed by atoms with van der Waals surface area (Å²) in [5, 5.41) is 4.08. The third kappa shape index (κ3) is 3.26. The van der Waals surface area contributed by atoms with Crippen molar-refractivity contribution in [2.24, 2.45) is 5.92 Å². The number of ether oxygens (including phenoxy) is 2. The molecule has 4 atom stereocenters. The van der Waals surface area contributed by atoms with Crippen molar-refractivity contribution in [1.82, 2.24) is 24.3 Å². The molecule has 4 heterocycles. The maximum Gasteiger partial charge on any atom is 0.351 e. The van der Waals surface area contributed by atoms with Crippen LogP contribution in [0.5, 0.6) is 0 Å². The number of aromatic nitrogens is 5. The summed E-state index contributed by atoms with van der Waals surface area (Å²) in [6.45, 7) is 15.8. The van der Waals surface area contributed by atoms with Gasteiger partial charge in [0.1, 0.15) is 30.5 Å². The van der Waals surface area contributed by atoms with Crippen molar-refractivity contribution in [2.45, 2.75) is 76.8 Å². The van der Waals surface area contributed by atoms with E-state index in [0.29, 0.717) is 12.4 Å². The molecule has 9 nitrogen and oxygen atoms in total. The van der Waals surface area contributed by atoms with Crippen LogP contribution < -0.4 is 5.69 Å². The van der Waals surface area contributed by atoms with Gasteiger partial charge in [0.25, 0.3) is 0 Å². The van der Waals surface area contributed by atoms with Crippen molar-refractivity contribution in [2.75, 3.05) is 6.61 Å². The lowest BCUT2D eigenvalue weighted by Crippen LogP contribution is -2.53. The van der Waals surface area contributed by atoms with Crippen LogP contribution in [0.2, 0.25) is 18.1 Å². The molecule has 2 fully saturated rings. The van der Waals surface area contributed by atoms with Crippen molar-refractivity contribution < 1.29 is 13.9 Å². The van der Waals surface area contributed by atoms with E-state index in [9.17, 15) is 4.79 Å². The van der Waals surface area contributed by atoms with Gasteiger partial charge in [-0.3, -0.25) is 4.57 Å². The molecular weight excluding hydrogens is 402 g/mol. The molecule has 0 unspecified atom stereocenters. The zero-order valence-corrected chi connectivity index (χ0v) is 19.7. The second-order valence-electron chi connectivity index (χ2n) is 10.0. The molecule has 0 N–H and O–H groups in total. The fraction of sp³-hybridized carbons (Fsp3) is 0.700. The predicted octanol–water partition coefficient (Wildman–Crippen LogP) is 2.54. The van der Waals surface area contributed by atoms with Crippen LogP contribution in [0.15, 0.2) is 29.7 Å². The molecular formula is C20H31N5O4Si. The highest BCUT2D eigenvalue weighted by Gasteiger charge is 2.65. The molecule has 0 saturated carbocycles. The lowest BCUT2D eigenvalue weighted by molar-refractivity contribution is -0.190. The van der Waals surface area contributed by atoms with Crippen LogP contribution in [0.4, 0.5) is 0 Å². The highest BCUT2D eigenvalue weighted by Crippen LogP contribution is 2.52. The van der Waals surface area contributed by atoms with Gasteiger partial charge in [-0.1, -0.05) is 34.6 Å². The van der Waals surface area contributed by atoms with E-state index in [1.165, 1.54) is 21.9 Å². The number of hydrogen-bond acceptors (Lipinski definition) is 7. The Kier molecular flexibility index (Phi) is 5.04. The Balaban J connectivity index is 1.68. The zero-order valence-electron chi connectivity index (χ0n) is 18.7. The normalized spacial score (nSPS) is 29.1. The van der Waals surface area contributed by atoms with Gasteiger partial charge in [0, 0.05) is 6.20 Å². The van der Waals surface area contributed by atoms with Crippen LogP contribution >= 0.6 is 0 Å². The Morgan fingerprint density at radius 3 is 2.63 bits per heavy atom. The van der Waals surface area contributed by atoms with E-state index in [1.54, 1.807) is 12.3 Å². The van der Waals surface area contributed by atoms with Gasteiger partial charge in [-0.15, -0.1) is 0 Å². The summed E-state index contributed by atoms with van der Waals surface area (Å²) in [5.74, 6) is 0.575. The van der Waals surface area contributed by atoms with Crippen LogP contribution in [-0.4, -0.2) is 57.0 Å². The molecule has 4 rings (SSSR count). The van der Waals surface area contributed by atoms with Crippen molar-refractivity contribution >= 4 is 8.32 Å².